The highest BCUT2D eigenvalue weighted by atomic mass is 16.5. The average molecular weight is 229 g/mol. The molecule has 0 aromatic heterocycles. The number of amides is 1. The average Bonchev–Trinajstić information content (AvgIpc) is 2.12. The van der Waals surface area contributed by atoms with Crippen LogP contribution in [0.3, 0.4) is 0 Å². The van der Waals surface area contributed by atoms with Gasteiger partial charge < -0.3 is 14.7 Å². The van der Waals surface area contributed by atoms with Crippen LogP contribution in [0.15, 0.2) is 0 Å². The number of carbonyl (C=O) groups is 2. The molecule has 5 heteroatoms. The fraction of sp³-hybridized carbons (Fsp3) is 0.818. The van der Waals surface area contributed by atoms with Crippen molar-refractivity contribution in [2.45, 2.75) is 39.4 Å². The van der Waals surface area contributed by atoms with Crippen molar-refractivity contribution in [1.82, 2.24) is 4.90 Å². The number of carboxylic acid groups (broad SMARTS) is 1. The first-order valence-corrected chi connectivity index (χ1v) is 5.42. The van der Waals surface area contributed by atoms with Gasteiger partial charge in [-0.25, -0.2) is 0 Å². The van der Waals surface area contributed by atoms with Crippen LogP contribution in [0.4, 0.5) is 0 Å². The smallest absolute Gasteiger partial charge is 0.315 e. The number of aliphatic carboxylic acids is 1. The van der Waals surface area contributed by atoms with Crippen LogP contribution in [0, 0.1) is 5.92 Å². The zero-order valence-corrected chi connectivity index (χ0v) is 10.2. The lowest BCUT2D eigenvalue weighted by Crippen LogP contribution is -2.55. The molecular weight excluding hydrogens is 210 g/mol. The number of hydrogen-bond donors (Lipinski definition) is 1. The molecule has 5 nitrogen and oxygen atoms in total. The van der Waals surface area contributed by atoms with E-state index in [9.17, 15) is 9.59 Å². The molecule has 0 aliphatic carbocycles. The van der Waals surface area contributed by atoms with Gasteiger partial charge in [0.15, 0.2) is 0 Å². The Morgan fingerprint density at radius 2 is 2.06 bits per heavy atom. The SMILES string of the molecule is CC1CN(C(=O)C(C)C(=O)O)CC(C)(C)O1. The second-order valence-electron chi connectivity index (χ2n) is 4.97. The summed E-state index contributed by atoms with van der Waals surface area (Å²) in [4.78, 5) is 24.2. The molecule has 0 radical (unpaired) electrons. The molecule has 1 N–H and O–H groups in total. The van der Waals surface area contributed by atoms with E-state index in [1.165, 1.54) is 6.92 Å². The number of nitrogens with zero attached hydrogens (tertiary/aromatic N) is 1. The van der Waals surface area contributed by atoms with Gasteiger partial charge in [-0.1, -0.05) is 0 Å². The lowest BCUT2D eigenvalue weighted by molar-refractivity contribution is -0.166. The van der Waals surface area contributed by atoms with Crippen LogP contribution in [-0.4, -0.2) is 46.7 Å². The summed E-state index contributed by atoms with van der Waals surface area (Å²) in [7, 11) is 0. The summed E-state index contributed by atoms with van der Waals surface area (Å²) in [5, 5.41) is 8.80. The summed E-state index contributed by atoms with van der Waals surface area (Å²) >= 11 is 0. The van der Waals surface area contributed by atoms with E-state index in [2.05, 4.69) is 0 Å². The Balaban J connectivity index is 2.73. The lowest BCUT2D eigenvalue weighted by atomic mass is 10.0. The van der Waals surface area contributed by atoms with Crippen LogP contribution in [-0.2, 0) is 14.3 Å². The van der Waals surface area contributed by atoms with Crippen LogP contribution in [0.25, 0.3) is 0 Å². The molecule has 1 heterocycles. The third-order valence-electron chi connectivity index (χ3n) is 2.62. The van der Waals surface area contributed by atoms with Crippen molar-refractivity contribution in [1.29, 1.82) is 0 Å². The predicted molar refractivity (Wildman–Crippen MR) is 58.0 cm³/mol. The van der Waals surface area contributed by atoms with Gasteiger partial charge in [-0.3, -0.25) is 9.59 Å². The Morgan fingerprint density at radius 3 is 2.50 bits per heavy atom. The van der Waals surface area contributed by atoms with Gasteiger partial charge in [0.1, 0.15) is 5.92 Å². The van der Waals surface area contributed by atoms with Crippen molar-refractivity contribution in [3.8, 4) is 0 Å². The molecular formula is C11H19NO4. The number of ether oxygens (including phenoxy) is 1. The molecule has 0 spiro atoms. The molecule has 2 atom stereocenters. The van der Waals surface area contributed by atoms with Gasteiger partial charge in [-0.2, -0.15) is 0 Å². The molecule has 1 aliphatic heterocycles. The van der Waals surface area contributed by atoms with E-state index in [0.29, 0.717) is 13.1 Å². The van der Waals surface area contributed by atoms with E-state index in [1.54, 1.807) is 4.90 Å². The third-order valence-corrected chi connectivity index (χ3v) is 2.62. The van der Waals surface area contributed by atoms with E-state index in [1.807, 2.05) is 20.8 Å². The van der Waals surface area contributed by atoms with Crippen molar-refractivity contribution < 1.29 is 19.4 Å². The van der Waals surface area contributed by atoms with Gasteiger partial charge >= 0.3 is 5.97 Å². The second kappa shape index (κ2) is 4.41. The van der Waals surface area contributed by atoms with Crippen molar-refractivity contribution >= 4 is 11.9 Å². The van der Waals surface area contributed by atoms with Crippen LogP contribution in [0.1, 0.15) is 27.7 Å². The molecule has 0 aromatic rings. The molecule has 2 unspecified atom stereocenters. The van der Waals surface area contributed by atoms with Crippen LogP contribution >= 0.6 is 0 Å². The normalized spacial score (nSPS) is 26.2. The molecule has 1 aliphatic rings. The van der Waals surface area contributed by atoms with Gasteiger partial charge in [0.25, 0.3) is 0 Å². The maximum Gasteiger partial charge on any atom is 0.315 e. The minimum absolute atomic E-state index is 0.0614. The maximum atomic E-state index is 11.9. The zero-order chi connectivity index (χ0) is 12.5. The summed E-state index contributed by atoms with van der Waals surface area (Å²) in [5.41, 5.74) is -0.411. The highest BCUT2D eigenvalue weighted by Gasteiger charge is 2.36. The summed E-state index contributed by atoms with van der Waals surface area (Å²) < 4.78 is 5.65. The standard InChI is InChI=1S/C11H19NO4/c1-7-5-12(6-11(3,4)16-7)9(13)8(2)10(14)15/h7-8H,5-6H2,1-4H3,(H,14,15). The summed E-state index contributed by atoms with van der Waals surface area (Å²) in [5.74, 6) is -2.40. The van der Waals surface area contributed by atoms with Gasteiger partial charge in [-0.05, 0) is 27.7 Å². The fourth-order valence-electron chi connectivity index (χ4n) is 2.00. The number of carbonyl (C=O) groups excluding carboxylic acids is 1. The van der Waals surface area contributed by atoms with Gasteiger partial charge in [0.05, 0.1) is 11.7 Å². The van der Waals surface area contributed by atoms with Gasteiger partial charge in [0.2, 0.25) is 5.91 Å². The Kier molecular flexibility index (Phi) is 3.57. The van der Waals surface area contributed by atoms with Crippen molar-refractivity contribution in [2.75, 3.05) is 13.1 Å². The van der Waals surface area contributed by atoms with Crippen LogP contribution in [0.5, 0.6) is 0 Å². The third kappa shape index (κ3) is 2.95. The minimum Gasteiger partial charge on any atom is -0.481 e. The Bertz CT molecular complexity index is 300. The van der Waals surface area contributed by atoms with Gasteiger partial charge in [-0.15, -0.1) is 0 Å². The molecule has 0 saturated carbocycles. The largest absolute Gasteiger partial charge is 0.481 e. The maximum absolute atomic E-state index is 11.9. The molecule has 0 aromatic carbocycles. The quantitative estimate of drug-likeness (QED) is 0.709. The van der Waals surface area contributed by atoms with Gasteiger partial charge in [0, 0.05) is 13.1 Å². The Morgan fingerprint density at radius 1 is 1.50 bits per heavy atom. The summed E-state index contributed by atoms with van der Waals surface area (Å²) in [6, 6.07) is 0. The summed E-state index contributed by atoms with van der Waals surface area (Å²) in [6.07, 6.45) is -0.0614. The van der Waals surface area contributed by atoms with Crippen molar-refractivity contribution in [3.05, 3.63) is 0 Å². The molecule has 92 valence electrons. The first kappa shape index (κ1) is 13.0. The van der Waals surface area contributed by atoms with Crippen molar-refractivity contribution in [3.63, 3.8) is 0 Å². The molecule has 1 fully saturated rings. The molecule has 1 saturated heterocycles. The topological polar surface area (TPSA) is 66.8 Å². The molecule has 1 rings (SSSR count). The highest BCUT2D eigenvalue weighted by molar-refractivity contribution is 5.96. The lowest BCUT2D eigenvalue weighted by Gasteiger charge is -2.42. The number of carboxylic acids is 1. The fourth-order valence-corrected chi connectivity index (χ4v) is 2.00. The van der Waals surface area contributed by atoms with E-state index < -0.39 is 17.5 Å². The minimum atomic E-state index is -1.08. The zero-order valence-electron chi connectivity index (χ0n) is 10.2. The van der Waals surface area contributed by atoms with Crippen LogP contribution < -0.4 is 0 Å². The molecule has 0 bridgehead atoms. The monoisotopic (exact) mass is 229 g/mol. The first-order valence-electron chi connectivity index (χ1n) is 5.42. The number of hydrogen-bond acceptors (Lipinski definition) is 3. The first-order chi connectivity index (χ1) is 7.23. The number of morpholine rings is 1. The number of rotatable bonds is 2. The van der Waals surface area contributed by atoms with Crippen LogP contribution in [0.2, 0.25) is 0 Å². The van der Waals surface area contributed by atoms with E-state index in [4.69, 9.17) is 9.84 Å². The summed E-state index contributed by atoms with van der Waals surface area (Å²) in [6.45, 7) is 7.99. The van der Waals surface area contributed by atoms with Crippen molar-refractivity contribution in [2.24, 2.45) is 5.92 Å². The second-order valence-corrected chi connectivity index (χ2v) is 4.97. The van der Waals surface area contributed by atoms with E-state index >= 15 is 0 Å². The molecule has 1 amide bonds. The highest BCUT2D eigenvalue weighted by Crippen LogP contribution is 2.22. The Labute approximate surface area is 95.4 Å². The predicted octanol–water partition coefficient (Wildman–Crippen LogP) is 0.733. The molecule has 16 heavy (non-hydrogen) atoms. The van der Waals surface area contributed by atoms with E-state index in [-0.39, 0.29) is 12.0 Å². The Hall–Kier alpha value is -1.10. The van der Waals surface area contributed by atoms with E-state index in [0.717, 1.165) is 0 Å².